The molecule has 40 atom stereocenters. The molecule has 30 fully saturated rings. The Labute approximate surface area is 675 Å². The van der Waals surface area contributed by atoms with E-state index in [1.165, 1.54) is 24.3 Å². The van der Waals surface area contributed by atoms with Crippen LogP contribution in [-0.2, 0) is 106 Å². The lowest BCUT2D eigenvalue weighted by molar-refractivity contribution is -0.404. The number of aryl methyl sites for hydroxylation is 2. The number of esters is 1. The van der Waals surface area contributed by atoms with E-state index in [9.17, 15) is 126 Å². The highest BCUT2D eigenvalue weighted by molar-refractivity contribution is 7.86. The Hall–Kier alpha value is -5.00. The van der Waals surface area contributed by atoms with Gasteiger partial charge in [0.25, 0.3) is 10.1 Å². The monoisotopic (exact) mass is 1720 g/mol. The van der Waals surface area contributed by atoms with Crippen molar-refractivity contribution in [2.45, 2.75) is 277 Å². The highest BCUT2D eigenvalue weighted by Crippen LogP contribution is 2.42. The molecule has 5 aromatic carbocycles. The molecule has 30 saturated heterocycles. The molecule has 0 aromatic heterocycles. The molecule has 0 unspecified atom stereocenters. The number of carbonyl (C=O) groups is 1. The molecule has 664 valence electrons. The van der Waals surface area contributed by atoms with Gasteiger partial charge in [0.1, 0.15) is 202 Å². The standard InChI is InChI=1S/C75H100O43S/c1-26-8-15-31(16-9-26)119(99,100)102-25-40-67-51(90)59(98)75(110-40)116-65-38(23-81)106-71(55(94)47(65)86)112-61-34(19-77)103-68(52(91)44(61)83)113-62-35(20-78)107-72(56(95)48(62)87)117-66-39(24-101-41(82)7-3-4-27-10-11-30-13-12-28-5-2-6-29-14-17-32(27)43(30)42(28)29)109-74(58(97)50(66)89)115-64-37(22-80)105-70(54(93)46(64)85)111-60-33(18-76)104-69(53(92)45(60)84)114-63-36(21-79)108-73(118-67)57(96)49(63)88/h2,5-6,8-17,33-40,44-81,83-98H,3-4,7,18-25H2,1H3/t33-,34-,35-,36-,37-,38-,39-,40-,44-,45-,46-,47-,48-,49-,50-,51-,52-,53-,54-,55-,56-,57-,58-,59-,60-,61-,62-,63-,64-,65-,66-,67-,68-,69-,70-,71-,72-,73-,74-,75-/m1/s1. The van der Waals surface area contributed by atoms with Crippen LogP contribution in [0.2, 0.25) is 0 Å². The Bertz CT molecular complexity index is 4220. The summed E-state index contributed by atoms with van der Waals surface area (Å²) >= 11 is 0. The van der Waals surface area contributed by atoms with Crippen LogP contribution >= 0.6 is 0 Å². The van der Waals surface area contributed by atoms with Gasteiger partial charge in [-0.1, -0.05) is 72.3 Å². The van der Waals surface area contributed by atoms with Gasteiger partial charge in [0.2, 0.25) is 0 Å². The SMILES string of the molecule is Cc1ccc(S(=O)(=O)OC[C@H]2O[C@@H]3O[C@H]4[C@H](O)[C@@H](O)[C@@H](O[C@H]5[C@H](O)[C@@H](O)[C@@H](O[C@H]6[C@H](O)[C@@H](O)[C@@H](O[C@H]7[C@H](O)[C@@H](O)[C@@H](O[C@H]8[C@H](O)[C@@H](O)[C@@H](O[C@H]9[C@H](O)[C@@H](O)[C@@H](O[C@H]%10[C@H](O)[C@@H](O)[C@@H](O[C@H]2[C@H](O)[C@H]3O)O[C@@H]%10CO)O[C@@H]9CO)O[C@@H]8CO)O[C@@H]7COC(=O)CCCc2ccc3ccc7cccc8ccc2c3c78)O[C@@H]6CO)O[C@@H]5CO)O[C@@H]4CO)cc1. The second-order valence-corrected chi connectivity index (χ2v) is 32.4. The van der Waals surface area contributed by atoms with Gasteiger partial charge in [-0.25, -0.2) is 0 Å². The van der Waals surface area contributed by atoms with Crippen molar-refractivity contribution in [1.29, 1.82) is 0 Å². The summed E-state index contributed by atoms with van der Waals surface area (Å²) in [5.41, 5.74) is 1.55. The summed E-state index contributed by atoms with van der Waals surface area (Å²) in [6.07, 6.45) is -86.0. The average Bonchev–Trinajstić information content (AvgIpc) is 0.740. The highest BCUT2D eigenvalue weighted by Gasteiger charge is 2.61. The number of rotatable bonds is 16. The van der Waals surface area contributed by atoms with Crippen LogP contribution in [0.15, 0.2) is 83.8 Å². The number of aliphatic hydroxyl groups excluding tert-OH is 22. The predicted molar refractivity (Wildman–Crippen MR) is 385 cm³/mol. The van der Waals surface area contributed by atoms with Gasteiger partial charge in [0.05, 0.1) is 51.1 Å². The van der Waals surface area contributed by atoms with Gasteiger partial charge in [0, 0.05) is 6.42 Å². The molecule has 0 amide bonds. The second kappa shape index (κ2) is 38.1. The molecule has 0 saturated carbocycles. The maximum Gasteiger partial charge on any atom is 0.305 e. The number of hydrogen-bond acceptors (Lipinski definition) is 43. The number of hydrogen-bond donors (Lipinski definition) is 22. The predicted octanol–water partition coefficient (Wildman–Crippen LogP) is -10.2. The number of aliphatic hydroxyl groups is 22. The van der Waals surface area contributed by atoms with Crippen molar-refractivity contribution in [3.63, 3.8) is 0 Å². The summed E-state index contributed by atoms with van der Waals surface area (Å²) < 4.78 is 133. The molecule has 30 heterocycles. The van der Waals surface area contributed by atoms with E-state index >= 15 is 0 Å². The molecule has 35 rings (SSSR count). The van der Waals surface area contributed by atoms with Gasteiger partial charge >= 0.3 is 5.97 Å². The van der Waals surface area contributed by atoms with Crippen molar-refractivity contribution in [3.8, 4) is 0 Å². The lowest BCUT2D eigenvalue weighted by Gasteiger charge is -2.50. The van der Waals surface area contributed by atoms with Crippen LogP contribution in [0, 0.1) is 6.92 Å². The van der Waals surface area contributed by atoms with Gasteiger partial charge in [-0.15, -0.1) is 0 Å². The van der Waals surface area contributed by atoms with Crippen molar-refractivity contribution in [2.24, 2.45) is 0 Å². The zero-order valence-electron chi connectivity index (χ0n) is 63.2. The Morgan fingerprint density at radius 2 is 0.588 bits per heavy atom. The molecular weight excluding hydrogens is 1620 g/mol. The van der Waals surface area contributed by atoms with Crippen LogP contribution in [0.3, 0.4) is 0 Å². The third kappa shape index (κ3) is 18.1. The zero-order chi connectivity index (χ0) is 85.1. The first-order valence-corrected chi connectivity index (χ1v) is 40.1. The van der Waals surface area contributed by atoms with Crippen molar-refractivity contribution in [2.75, 3.05) is 52.9 Å². The molecule has 119 heavy (non-hydrogen) atoms. The van der Waals surface area contributed by atoms with Gasteiger partial charge in [-0.3, -0.25) is 8.98 Å². The number of carbonyl (C=O) groups excluding carboxylic acids is 1. The molecular formula is C75H100O43S. The Balaban J connectivity index is 0.732. The molecule has 30 aliphatic heterocycles. The molecule has 22 N–H and O–H groups in total. The summed E-state index contributed by atoms with van der Waals surface area (Å²) in [5.74, 6) is -0.843. The minimum absolute atomic E-state index is 0.223. The van der Waals surface area contributed by atoms with E-state index in [1.807, 2.05) is 54.6 Å². The summed E-state index contributed by atoms with van der Waals surface area (Å²) in [6.45, 7) is -7.29. The second-order valence-electron chi connectivity index (χ2n) is 30.8. The summed E-state index contributed by atoms with van der Waals surface area (Å²) in [7, 11) is -4.78. The first-order valence-electron chi connectivity index (χ1n) is 38.7. The maximum atomic E-state index is 13.9. The fraction of sp³-hybridized carbons (Fsp3) is 0.693. The molecule has 5 aromatic rings. The minimum atomic E-state index is -4.78. The van der Waals surface area contributed by atoms with Crippen LogP contribution in [-0.4, -0.2) is 425 Å². The van der Waals surface area contributed by atoms with Crippen molar-refractivity contribution in [1.82, 2.24) is 0 Å². The highest BCUT2D eigenvalue weighted by atomic mass is 32.2. The Morgan fingerprint density at radius 1 is 0.319 bits per heavy atom. The number of ether oxygens (including phenoxy) is 17. The van der Waals surface area contributed by atoms with Gasteiger partial charge in [-0.05, 0) is 69.8 Å². The van der Waals surface area contributed by atoms with Crippen LogP contribution in [0.25, 0.3) is 32.3 Å². The molecule has 0 aliphatic carbocycles. The fourth-order valence-corrected chi connectivity index (χ4v) is 17.4. The Kier molecular flexibility index (Phi) is 28.9. The number of benzene rings is 5. The molecule has 0 spiro atoms. The lowest BCUT2D eigenvalue weighted by atomic mass is 9.90. The van der Waals surface area contributed by atoms with Crippen molar-refractivity contribution < 1.29 is 210 Å². The van der Waals surface area contributed by atoms with Crippen LogP contribution in [0.5, 0.6) is 0 Å². The quantitative estimate of drug-likeness (QED) is 0.0248. The normalized spacial score (nSPS) is 44.2. The van der Waals surface area contributed by atoms with Gasteiger partial charge < -0.3 is 193 Å². The van der Waals surface area contributed by atoms with Crippen LogP contribution < -0.4 is 0 Å². The largest absolute Gasteiger partial charge is 0.463 e. The van der Waals surface area contributed by atoms with Crippen LogP contribution in [0.1, 0.15) is 24.0 Å². The van der Waals surface area contributed by atoms with E-state index in [0.717, 1.165) is 37.9 Å². The van der Waals surface area contributed by atoms with Crippen molar-refractivity contribution >= 4 is 48.4 Å². The molecule has 30 aliphatic rings. The van der Waals surface area contributed by atoms with E-state index in [-0.39, 0.29) is 12.8 Å². The Morgan fingerprint density at radius 3 is 0.899 bits per heavy atom. The topological polar surface area (TPSA) is 662 Å². The van der Waals surface area contributed by atoms with E-state index in [4.69, 9.17) is 84.7 Å². The minimum Gasteiger partial charge on any atom is -0.463 e. The molecule has 44 heteroatoms. The van der Waals surface area contributed by atoms with E-state index < -0.39 is 319 Å². The van der Waals surface area contributed by atoms with E-state index in [2.05, 4.69) is 0 Å². The summed E-state index contributed by atoms with van der Waals surface area (Å²) in [4.78, 5) is 13.4. The first kappa shape index (κ1) is 90.3. The molecule has 43 nitrogen and oxygen atoms in total. The van der Waals surface area contributed by atoms with Crippen molar-refractivity contribution in [3.05, 3.63) is 90.0 Å². The van der Waals surface area contributed by atoms with Gasteiger partial charge in [-0.2, -0.15) is 8.42 Å². The molecule has 0 radical (unpaired) electrons. The summed E-state index contributed by atoms with van der Waals surface area (Å²) in [6, 6.07) is 23.2. The van der Waals surface area contributed by atoms with E-state index in [1.54, 1.807) is 6.92 Å². The third-order valence-electron chi connectivity index (χ3n) is 23.1. The average molecular weight is 1720 g/mol. The summed E-state index contributed by atoms with van der Waals surface area (Å²) in [5, 5.41) is 259. The first-order chi connectivity index (χ1) is 56.9. The third-order valence-corrected chi connectivity index (χ3v) is 24.4. The molecule has 16 bridgehead atoms. The maximum absolute atomic E-state index is 13.9. The van der Waals surface area contributed by atoms with E-state index in [0.29, 0.717) is 12.0 Å². The fourth-order valence-electron chi connectivity index (χ4n) is 16.5. The zero-order valence-corrected chi connectivity index (χ0v) is 64.0. The van der Waals surface area contributed by atoms with Crippen LogP contribution in [0.4, 0.5) is 0 Å². The van der Waals surface area contributed by atoms with Gasteiger partial charge in [0.15, 0.2) is 50.3 Å². The smallest absolute Gasteiger partial charge is 0.305 e. The lowest BCUT2D eigenvalue weighted by Crippen LogP contribution is -2.69.